The molecule has 5 heteroatoms. The Morgan fingerprint density at radius 1 is 1.89 bits per heavy atom. The first-order valence-electron chi connectivity index (χ1n) is 2.02. The van der Waals surface area contributed by atoms with Crippen molar-refractivity contribution in [2.45, 2.75) is 0 Å². The highest BCUT2D eigenvalue weighted by Crippen LogP contribution is 1.87. The summed E-state index contributed by atoms with van der Waals surface area (Å²) in [4.78, 5) is 9.90. The van der Waals surface area contributed by atoms with Crippen LogP contribution in [0.4, 0.5) is 0 Å². The maximum atomic E-state index is 9.90. The van der Waals surface area contributed by atoms with Crippen LogP contribution < -0.4 is 0 Å². The lowest BCUT2D eigenvalue weighted by Gasteiger charge is -1.88. The molecule has 0 saturated heterocycles. The maximum Gasteiger partial charge on any atom is 0.326 e. The van der Waals surface area contributed by atoms with Gasteiger partial charge in [0.1, 0.15) is 0 Å². The second kappa shape index (κ2) is 3.43. The predicted molar refractivity (Wildman–Crippen MR) is 27.0 cm³/mol. The van der Waals surface area contributed by atoms with Gasteiger partial charge in [-0.3, -0.25) is 4.79 Å². The van der Waals surface area contributed by atoms with Gasteiger partial charge in [0.15, 0.2) is 5.92 Å². The summed E-state index contributed by atoms with van der Waals surface area (Å²) < 4.78 is 0. The van der Waals surface area contributed by atoms with Crippen LogP contribution in [0.3, 0.4) is 0 Å². The van der Waals surface area contributed by atoms with Crippen molar-refractivity contribution in [3.8, 4) is 6.07 Å². The van der Waals surface area contributed by atoms with Crippen molar-refractivity contribution in [2.75, 3.05) is 0 Å². The molecule has 48 valence electrons. The fraction of sp³-hybridized carbons (Fsp3) is 0.250. The maximum absolute atomic E-state index is 9.90. The van der Waals surface area contributed by atoms with Gasteiger partial charge in [-0.05, 0) is 0 Å². The van der Waals surface area contributed by atoms with Crippen LogP contribution in [0.5, 0.6) is 0 Å². The highest BCUT2D eigenvalue weighted by molar-refractivity contribution is 5.91. The zero-order valence-electron chi connectivity index (χ0n) is 4.35. The summed E-state index contributed by atoms with van der Waals surface area (Å²) in [5.41, 5.74) is 0. The zero-order valence-corrected chi connectivity index (χ0v) is 4.35. The minimum atomic E-state index is -1.35. The molecule has 0 rings (SSSR count). The van der Waals surface area contributed by atoms with Crippen LogP contribution in [0.2, 0.25) is 0 Å². The molecule has 0 radical (unpaired) electrons. The van der Waals surface area contributed by atoms with Gasteiger partial charge >= 0.3 is 5.97 Å². The predicted octanol–water partition coefficient (Wildman–Crippen LogP) is -0.329. The molecular formula is C4H4N2O3. The van der Waals surface area contributed by atoms with Gasteiger partial charge in [0, 0.05) is 0 Å². The summed E-state index contributed by atoms with van der Waals surface area (Å²) in [6.45, 7) is 0. The van der Waals surface area contributed by atoms with E-state index < -0.39 is 11.9 Å². The Balaban J connectivity index is 4.04. The molecule has 0 aliphatic carbocycles. The molecule has 0 heterocycles. The average Bonchev–Trinajstić information content (AvgIpc) is 1.82. The van der Waals surface area contributed by atoms with Gasteiger partial charge in [0.25, 0.3) is 0 Å². The Hall–Kier alpha value is -1.57. The van der Waals surface area contributed by atoms with Crippen molar-refractivity contribution < 1.29 is 15.1 Å². The largest absolute Gasteiger partial charge is 0.480 e. The van der Waals surface area contributed by atoms with Crippen LogP contribution in [-0.2, 0) is 4.79 Å². The number of oxime groups is 1. The van der Waals surface area contributed by atoms with E-state index >= 15 is 0 Å². The third-order valence-corrected chi connectivity index (χ3v) is 0.621. The fourth-order valence-corrected chi connectivity index (χ4v) is 0.219. The molecule has 0 saturated carbocycles. The highest BCUT2D eigenvalue weighted by Gasteiger charge is 2.12. The average molecular weight is 128 g/mol. The van der Waals surface area contributed by atoms with E-state index in [2.05, 4.69) is 5.16 Å². The summed E-state index contributed by atoms with van der Waals surface area (Å²) in [6, 6.07) is 1.39. The van der Waals surface area contributed by atoms with Crippen molar-refractivity contribution in [1.29, 1.82) is 5.26 Å². The molecule has 0 aliphatic rings. The number of aliphatic carboxylic acids is 1. The van der Waals surface area contributed by atoms with E-state index in [1.54, 1.807) is 0 Å². The van der Waals surface area contributed by atoms with Crippen molar-refractivity contribution in [2.24, 2.45) is 11.1 Å². The molecule has 5 nitrogen and oxygen atoms in total. The van der Waals surface area contributed by atoms with Crippen LogP contribution in [0.15, 0.2) is 5.16 Å². The van der Waals surface area contributed by atoms with Gasteiger partial charge in [-0.1, -0.05) is 0 Å². The number of nitriles is 1. The van der Waals surface area contributed by atoms with Crippen LogP contribution in [0.1, 0.15) is 0 Å². The standard InChI is InChI=1S/C4H4N2O3/c5-1-3(2-6-9)4(7)8/h2-3,9H,(H,7,8)/b6-2+. The van der Waals surface area contributed by atoms with Crippen LogP contribution in [-0.4, -0.2) is 22.5 Å². The molecule has 0 aromatic heterocycles. The van der Waals surface area contributed by atoms with Gasteiger partial charge in [-0.15, -0.1) is 5.16 Å². The molecule has 1 atom stereocenters. The molecule has 0 aromatic carbocycles. The number of hydrogen-bond acceptors (Lipinski definition) is 4. The Morgan fingerprint density at radius 3 is 2.56 bits per heavy atom. The van der Waals surface area contributed by atoms with E-state index in [0.717, 1.165) is 0 Å². The van der Waals surface area contributed by atoms with Crippen LogP contribution >= 0.6 is 0 Å². The van der Waals surface area contributed by atoms with E-state index in [1.807, 2.05) is 0 Å². The smallest absolute Gasteiger partial charge is 0.326 e. The van der Waals surface area contributed by atoms with Crippen molar-refractivity contribution in [1.82, 2.24) is 0 Å². The number of rotatable bonds is 2. The molecular weight excluding hydrogens is 124 g/mol. The first-order valence-corrected chi connectivity index (χ1v) is 2.02. The number of carboxylic acid groups (broad SMARTS) is 1. The molecule has 0 aliphatic heterocycles. The third-order valence-electron chi connectivity index (χ3n) is 0.621. The third kappa shape index (κ3) is 2.29. The molecule has 0 amide bonds. The Morgan fingerprint density at radius 2 is 2.44 bits per heavy atom. The quantitative estimate of drug-likeness (QED) is 0.302. The van der Waals surface area contributed by atoms with Crippen molar-refractivity contribution in [3.05, 3.63) is 0 Å². The number of carbonyl (C=O) groups is 1. The summed E-state index contributed by atoms with van der Waals surface area (Å²) >= 11 is 0. The first kappa shape index (κ1) is 7.43. The van der Waals surface area contributed by atoms with E-state index in [1.165, 1.54) is 6.07 Å². The lowest BCUT2D eigenvalue weighted by atomic mass is 10.2. The molecule has 0 spiro atoms. The monoisotopic (exact) mass is 128 g/mol. The lowest BCUT2D eigenvalue weighted by molar-refractivity contribution is -0.137. The second-order valence-corrected chi connectivity index (χ2v) is 1.21. The minimum Gasteiger partial charge on any atom is -0.480 e. The Bertz CT molecular complexity index is 169. The van der Waals surface area contributed by atoms with Gasteiger partial charge in [0.05, 0.1) is 12.3 Å². The second-order valence-electron chi connectivity index (χ2n) is 1.21. The summed E-state index contributed by atoms with van der Waals surface area (Å²) in [5, 5.41) is 26.2. The molecule has 2 N–H and O–H groups in total. The lowest BCUT2D eigenvalue weighted by Crippen LogP contribution is -2.12. The van der Waals surface area contributed by atoms with Gasteiger partial charge in [0.2, 0.25) is 0 Å². The van der Waals surface area contributed by atoms with E-state index in [4.69, 9.17) is 15.6 Å². The van der Waals surface area contributed by atoms with Gasteiger partial charge in [-0.2, -0.15) is 5.26 Å². The van der Waals surface area contributed by atoms with E-state index in [9.17, 15) is 4.79 Å². The molecule has 0 aromatic rings. The van der Waals surface area contributed by atoms with Crippen molar-refractivity contribution >= 4 is 12.2 Å². The van der Waals surface area contributed by atoms with Crippen molar-refractivity contribution in [3.63, 3.8) is 0 Å². The van der Waals surface area contributed by atoms with Crippen LogP contribution in [0, 0.1) is 17.2 Å². The zero-order chi connectivity index (χ0) is 7.28. The summed E-state index contributed by atoms with van der Waals surface area (Å²) in [7, 11) is 0. The normalized spacial score (nSPS) is 12.8. The molecule has 9 heavy (non-hydrogen) atoms. The van der Waals surface area contributed by atoms with Crippen LogP contribution in [0.25, 0.3) is 0 Å². The van der Waals surface area contributed by atoms with Gasteiger partial charge in [-0.25, -0.2) is 0 Å². The van der Waals surface area contributed by atoms with E-state index in [-0.39, 0.29) is 0 Å². The number of hydrogen-bond donors (Lipinski definition) is 2. The number of carboxylic acids is 1. The molecule has 0 bridgehead atoms. The highest BCUT2D eigenvalue weighted by atomic mass is 16.4. The SMILES string of the molecule is N#CC(/C=N/O)C(=O)O. The first-order chi connectivity index (χ1) is 4.22. The Kier molecular flexibility index (Phi) is 2.84. The summed E-state index contributed by atoms with van der Waals surface area (Å²) in [5.74, 6) is -2.68. The molecule has 0 fully saturated rings. The van der Waals surface area contributed by atoms with Gasteiger partial charge < -0.3 is 10.3 Å². The molecule has 1 unspecified atom stereocenters. The fourth-order valence-electron chi connectivity index (χ4n) is 0.219. The number of nitrogens with zero attached hydrogens (tertiary/aromatic N) is 2. The Labute approximate surface area is 50.8 Å². The summed E-state index contributed by atoms with van der Waals surface area (Å²) in [6.07, 6.45) is 0.641. The minimum absolute atomic E-state index is 0.641. The van der Waals surface area contributed by atoms with E-state index in [0.29, 0.717) is 6.21 Å². The topological polar surface area (TPSA) is 93.7 Å².